The molecule has 0 aliphatic heterocycles. The van der Waals surface area contributed by atoms with E-state index in [0.29, 0.717) is 5.75 Å². The first-order chi connectivity index (χ1) is 9.51. The van der Waals surface area contributed by atoms with Gasteiger partial charge in [-0.05, 0) is 36.6 Å². The topological polar surface area (TPSA) is 72.5 Å². The van der Waals surface area contributed by atoms with Crippen LogP contribution in [0.1, 0.15) is 10.4 Å². The van der Waals surface area contributed by atoms with Crippen molar-refractivity contribution in [2.45, 2.75) is 4.90 Å². The normalized spacial score (nSPS) is 10.3. The molecule has 0 spiro atoms. The van der Waals surface area contributed by atoms with Gasteiger partial charge in [0.25, 0.3) is 0 Å². The number of nitrogens with two attached hydrogens (primary N) is 1. The number of benzene rings is 2. The first kappa shape index (κ1) is 14.2. The predicted octanol–water partition coefficient (Wildman–Crippen LogP) is 3.62. The molecule has 6 heteroatoms. The van der Waals surface area contributed by atoms with Crippen LogP contribution in [0, 0.1) is 5.82 Å². The van der Waals surface area contributed by atoms with Crippen LogP contribution in [0.2, 0.25) is 0 Å². The predicted molar refractivity (Wildman–Crippen MR) is 76.1 cm³/mol. The third-order valence-electron chi connectivity index (χ3n) is 2.62. The van der Waals surface area contributed by atoms with Crippen LogP contribution in [-0.4, -0.2) is 17.3 Å². The zero-order valence-corrected chi connectivity index (χ0v) is 11.4. The third kappa shape index (κ3) is 3.03. The van der Waals surface area contributed by atoms with Gasteiger partial charge in [0.2, 0.25) is 0 Å². The second-order valence-electron chi connectivity index (χ2n) is 3.95. The van der Waals surface area contributed by atoms with Gasteiger partial charge in [-0.2, -0.15) is 0 Å². The highest BCUT2D eigenvalue weighted by molar-refractivity contribution is 7.98. The SMILES string of the molecule is CSc1ccc(Oc2cc(F)c(C(=O)O)cc2N)cc1. The van der Waals surface area contributed by atoms with Crippen molar-refractivity contribution in [1.29, 1.82) is 0 Å². The number of carboxylic acids is 1. The first-order valence-electron chi connectivity index (χ1n) is 5.65. The van der Waals surface area contributed by atoms with E-state index < -0.39 is 17.3 Å². The third-order valence-corrected chi connectivity index (χ3v) is 3.36. The summed E-state index contributed by atoms with van der Waals surface area (Å²) in [6, 6.07) is 9.20. The zero-order valence-electron chi connectivity index (χ0n) is 10.6. The monoisotopic (exact) mass is 293 g/mol. The fourth-order valence-electron chi connectivity index (χ4n) is 1.59. The van der Waals surface area contributed by atoms with E-state index in [1.807, 2.05) is 18.4 Å². The quantitative estimate of drug-likeness (QED) is 0.665. The molecule has 2 aromatic carbocycles. The van der Waals surface area contributed by atoms with Gasteiger partial charge < -0.3 is 15.6 Å². The largest absolute Gasteiger partial charge is 0.478 e. The van der Waals surface area contributed by atoms with Gasteiger partial charge >= 0.3 is 5.97 Å². The fourth-order valence-corrected chi connectivity index (χ4v) is 2.00. The molecule has 0 saturated heterocycles. The molecule has 4 nitrogen and oxygen atoms in total. The molecule has 0 aromatic heterocycles. The second kappa shape index (κ2) is 5.83. The Balaban J connectivity index is 2.29. The molecule has 0 amide bonds. The summed E-state index contributed by atoms with van der Waals surface area (Å²) in [7, 11) is 0. The van der Waals surface area contributed by atoms with Gasteiger partial charge in [0.15, 0.2) is 5.75 Å². The highest BCUT2D eigenvalue weighted by atomic mass is 32.2. The van der Waals surface area contributed by atoms with Crippen molar-refractivity contribution in [2.75, 3.05) is 12.0 Å². The number of ether oxygens (including phenoxy) is 1. The van der Waals surface area contributed by atoms with Crippen LogP contribution < -0.4 is 10.5 Å². The molecule has 0 unspecified atom stereocenters. The average Bonchev–Trinajstić information content (AvgIpc) is 2.43. The van der Waals surface area contributed by atoms with E-state index >= 15 is 0 Å². The van der Waals surface area contributed by atoms with Gasteiger partial charge in [-0.15, -0.1) is 11.8 Å². The van der Waals surface area contributed by atoms with Crippen LogP contribution in [0.15, 0.2) is 41.3 Å². The van der Waals surface area contributed by atoms with Gasteiger partial charge in [-0.25, -0.2) is 9.18 Å². The summed E-state index contributed by atoms with van der Waals surface area (Å²) in [4.78, 5) is 11.8. The summed E-state index contributed by atoms with van der Waals surface area (Å²) in [5.41, 5.74) is 5.26. The van der Waals surface area contributed by atoms with E-state index in [1.54, 1.807) is 23.9 Å². The molecule has 0 fully saturated rings. The molecule has 104 valence electrons. The molecular weight excluding hydrogens is 281 g/mol. The van der Waals surface area contributed by atoms with Crippen LogP contribution >= 0.6 is 11.8 Å². The maximum absolute atomic E-state index is 13.6. The summed E-state index contributed by atoms with van der Waals surface area (Å²) >= 11 is 1.59. The number of halogens is 1. The molecule has 0 bridgehead atoms. The molecule has 0 aliphatic rings. The van der Waals surface area contributed by atoms with E-state index in [-0.39, 0.29) is 11.4 Å². The van der Waals surface area contributed by atoms with Crippen LogP contribution in [0.3, 0.4) is 0 Å². The van der Waals surface area contributed by atoms with E-state index in [4.69, 9.17) is 15.6 Å². The number of anilines is 1. The number of thioether (sulfide) groups is 1. The molecular formula is C14H12FNO3S. The summed E-state index contributed by atoms with van der Waals surface area (Å²) in [5.74, 6) is -1.67. The highest BCUT2D eigenvalue weighted by Crippen LogP contribution is 2.30. The van der Waals surface area contributed by atoms with E-state index in [2.05, 4.69) is 0 Å². The van der Waals surface area contributed by atoms with Crippen LogP contribution in [0.25, 0.3) is 0 Å². The minimum absolute atomic E-state index is 0.0674. The van der Waals surface area contributed by atoms with E-state index in [1.165, 1.54) is 0 Å². The van der Waals surface area contributed by atoms with E-state index in [9.17, 15) is 9.18 Å². The van der Waals surface area contributed by atoms with Crippen molar-refractivity contribution in [3.63, 3.8) is 0 Å². The lowest BCUT2D eigenvalue weighted by Gasteiger charge is -2.10. The van der Waals surface area contributed by atoms with Crippen molar-refractivity contribution < 1.29 is 19.0 Å². The van der Waals surface area contributed by atoms with Crippen molar-refractivity contribution in [3.05, 3.63) is 47.8 Å². The Labute approximate surface area is 119 Å². The summed E-state index contributed by atoms with van der Waals surface area (Å²) in [6.07, 6.45) is 1.95. The van der Waals surface area contributed by atoms with Gasteiger partial charge in [-0.3, -0.25) is 0 Å². The maximum atomic E-state index is 13.6. The lowest BCUT2D eigenvalue weighted by molar-refractivity contribution is 0.0692. The van der Waals surface area contributed by atoms with Gasteiger partial charge in [0, 0.05) is 11.0 Å². The van der Waals surface area contributed by atoms with E-state index in [0.717, 1.165) is 17.0 Å². The standard InChI is InChI=1S/C14H12FNO3S/c1-20-9-4-2-8(3-5-9)19-13-7-11(15)10(14(17)18)6-12(13)16/h2-7H,16H2,1H3,(H,17,18). The number of carboxylic acid groups (broad SMARTS) is 1. The Morgan fingerprint density at radius 1 is 1.30 bits per heavy atom. The lowest BCUT2D eigenvalue weighted by atomic mass is 10.1. The second-order valence-corrected chi connectivity index (χ2v) is 4.83. The number of hydrogen-bond acceptors (Lipinski definition) is 4. The fraction of sp³-hybridized carbons (Fsp3) is 0.0714. The molecule has 2 aromatic rings. The number of nitrogen functional groups attached to an aromatic ring is 1. The van der Waals surface area contributed by atoms with Crippen LogP contribution in [0.5, 0.6) is 11.5 Å². The molecule has 2 rings (SSSR count). The molecule has 0 aliphatic carbocycles. The summed E-state index contributed by atoms with van der Waals surface area (Å²) in [6.45, 7) is 0. The Morgan fingerprint density at radius 2 is 1.95 bits per heavy atom. The van der Waals surface area contributed by atoms with Gasteiger partial charge in [0.05, 0.1) is 11.3 Å². The molecule has 3 N–H and O–H groups in total. The van der Waals surface area contributed by atoms with Gasteiger partial charge in [-0.1, -0.05) is 0 Å². The summed E-state index contributed by atoms with van der Waals surface area (Å²) in [5, 5.41) is 8.79. The lowest BCUT2D eigenvalue weighted by Crippen LogP contribution is -2.03. The number of rotatable bonds is 4. The minimum Gasteiger partial charge on any atom is -0.478 e. The minimum atomic E-state index is -1.37. The summed E-state index contributed by atoms with van der Waals surface area (Å²) < 4.78 is 19.0. The van der Waals surface area contributed by atoms with Crippen molar-refractivity contribution >= 4 is 23.4 Å². The molecule has 0 heterocycles. The number of aromatic carboxylic acids is 1. The van der Waals surface area contributed by atoms with Crippen molar-refractivity contribution in [3.8, 4) is 11.5 Å². The van der Waals surface area contributed by atoms with Crippen molar-refractivity contribution in [2.24, 2.45) is 0 Å². The highest BCUT2D eigenvalue weighted by Gasteiger charge is 2.14. The first-order valence-corrected chi connectivity index (χ1v) is 6.88. The number of carbonyl (C=O) groups is 1. The Bertz CT molecular complexity index is 644. The average molecular weight is 293 g/mol. The Hall–Kier alpha value is -2.21. The molecule has 0 atom stereocenters. The number of hydrogen-bond donors (Lipinski definition) is 2. The molecule has 20 heavy (non-hydrogen) atoms. The zero-order chi connectivity index (χ0) is 14.7. The molecule has 0 radical (unpaired) electrons. The Kier molecular flexibility index (Phi) is 4.14. The van der Waals surface area contributed by atoms with Crippen LogP contribution in [0.4, 0.5) is 10.1 Å². The van der Waals surface area contributed by atoms with Crippen LogP contribution in [-0.2, 0) is 0 Å². The Morgan fingerprint density at radius 3 is 2.50 bits per heavy atom. The van der Waals surface area contributed by atoms with Gasteiger partial charge in [0.1, 0.15) is 11.6 Å². The smallest absolute Gasteiger partial charge is 0.338 e. The maximum Gasteiger partial charge on any atom is 0.338 e. The molecule has 0 saturated carbocycles. The van der Waals surface area contributed by atoms with Crippen molar-refractivity contribution in [1.82, 2.24) is 0 Å².